The summed E-state index contributed by atoms with van der Waals surface area (Å²) in [6, 6.07) is -1.20. The van der Waals surface area contributed by atoms with Gasteiger partial charge in [-0.15, -0.1) is 0 Å². The van der Waals surface area contributed by atoms with Gasteiger partial charge in [-0.05, 0) is 31.6 Å². The van der Waals surface area contributed by atoms with Crippen molar-refractivity contribution in [2.24, 2.45) is 5.92 Å². The van der Waals surface area contributed by atoms with Crippen LogP contribution in [0.3, 0.4) is 0 Å². The van der Waals surface area contributed by atoms with Gasteiger partial charge in [0.15, 0.2) is 0 Å². The summed E-state index contributed by atoms with van der Waals surface area (Å²) in [6.07, 6.45) is 3.04. The van der Waals surface area contributed by atoms with Gasteiger partial charge in [0.05, 0.1) is 5.75 Å². The highest BCUT2D eigenvalue weighted by atomic mass is 32.2. The Morgan fingerprint density at radius 2 is 1.95 bits per heavy atom. The van der Waals surface area contributed by atoms with E-state index in [4.69, 9.17) is 5.11 Å². The highest BCUT2D eigenvalue weighted by Crippen LogP contribution is 2.20. The van der Waals surface area contributed by atoms with Crippen molar-refractivity contribution in [2.75, 3.05) is 12.3 Å². The first-order chi connectivity index (χ1) is 10.1. The van der Waals surface area contributed by atoms with E-state index in [9.17, 15) is 18.0 Å². The van der Waals surface area contributed by atoms with Crippen LogP contribution in [0.2, 0.25) is 0 Å². The van der Waals surface area contributed by atoms with Gasteiger partial charge in [-0.2, -0.15) is 0 Å². The molecule has 1 saturated heterocycles. The molecule has 2 atom stereocenters. The van der Waals surface area contributed by atoms with E-state index < -0.39 is 22.0 Å². The third-order valence-corrected chi connectivity index (χ3v) is 5.38. The number of nitrogens with one attached hydrogen (secondary N) is 1. The monoisotopic (exact) mass is 334 g/mol. The number of rotatable bonds is 7. The van der Waals surface area contributed by atoms with Crippen molar-refractivity contribution >= 4 is 21.9 Å². The van der Waals surface area contributed by atoms with Crippen LogP contribution < -0.4 is 4.72 Å². The number of carboxylic acids is 1. The second-order valence-corrected chi connectivity index (χ2v) is 8.02. The Bertz CT molecular complexity index is 503. The number of carboxylic acid groups (broad SMARTS) is 1. The molecule has 128 valence electrons. The number of likely N-dealkylation sites (tertiary alicyclic amines) is 1. The lowest BCUT2D eigenvalue weighted by Crippen LogP contribution is -2.47. The fourth-order valence-electron chi connectivity index (χ4n) is 2.73. The van der Waals surface area contributed by atoms with Crippen LogP contribution >= 0.6 is 0 Å². The molecule has 0 saturated carbocycles. The van der Waals surface area contributed by atoms with E-state index in [2.05, 4.69) is 4.72 Å². The summed E-state index contributed by atoms with van der Waals surface area (Å²) in [7, 11) is -3.69. The second-order valence-electron chi connectivity index (χ2n) is 6.15. The Hall–Kier alpha value is -1.15. The summed E-state index contributed by atoms with van der Waals surface area (Å²) < 4.78 is 26.4. The average Bonchev–Trinajstić information content (AvgIpc) is 2.42. The maximum absolute atomic E-state index is 12.1. The Morgan fingerprint density at radius 3 is 2.45 bits per heavy atom. The molecule has 1 fully saturated rings. The van der Waals surface area contributed by atoms with Gasteiger partial charge in [0.2, 0.25) is 15.9 Å². The van der Waals surface area contributed by atoms with E-state index in [-0.39, 0.29) is 23.6 Å². The number of carbonyl (C=O) groups is 2. The second kappa shape index (κ2) is 7.92. The zero-order valence-corrected chi connectivity index (χ0v) is 14.2. The summed E-state index contributed by atoms with van der Waals surface area (Å²) in [5, 5.41) is 9.06. The Kier molecular flexibility index (Phi) is 6.80. The molecule has 8 heteroatoms. The number of aliphatic carboxylic acids is 1. The van der Waals surface area contributed by atoms with Crippen LogP contribution in [-0.4, -0.2) is 54.7 Å². The summed E-state index contributed by atoms with van der Waals surface area (Å²) in [4.78, 5) is 24.4. The van der Waals surface area contributed by atoms with Gasteiger partial charge in [0.25, 0.3) is 0 Å². The van der Waals surface area contributed by atoms with Gasteiger partial charge >= 0.3 is 5.97 Å². The topological polar surface area (TPSA) is 104 Å². The molecule has 22 heavy (non-hydrogen) atoms. The quantitative estimate of drug-likeness (QED) is 0.717. The number of sulfonamides is 1. The number of nitrogens with zero attached hydrogens (tertiary/aromatic N) is 1. The molecule has 0 aromatic rings. The van der Waals surface area contributed by atoms with Crippen LogP contribution in [-0.2, 0) is 19.6 Å². The molecule has 0 radical (unpaired) electrons. The predicted molar refractivity (Wildman–Crippen MR) is 82.8 cm³/mol. The van der Waals surface area contributed by atoms with E-state index in [0.717, 1.165) is 19.3 Å². The Morgan fingerprint density at radius 1 is 1.32 bits per heavy atom. The van der Waals surface area contributed by atoms with Gasteiger partial charge in [0.1, 0.15) is 6.04 Å². The van der Waals surface area contributed by atoms with E-state index >= 15 is 0 Å². The van der Waals surface area contributed by atoms with Crippen molar-refractivity contribution in [2.45, 2.75) is 58.5 Å². The van der Waals surface area contributed by atoms with Gasteiger partial charge in [-0.1, -0.05) is 13.8 Å². The van der Waals surface area contributed by atoms with Gasteiger partial charge in [0, 0.05) is 19.5 Å². The minimum Gasteiger partial charge on any atom is -0.480 e. The lowest BCUT2D eigenvalue weighted by atomic mass is 10.00. The van der Waals surface area contributed by atoms with Gasteiger partial charge in [-0.3, -0.25) is 9.59 Å². The molecular formula is C14H26N2O5S. The average molecular weight is 334 g/mol. The molecule has 0 bridgehead atoms. The summed E-state index contributed by atoms with van der Waals surface area (Å²) in [5.74, 6) is -1.73. The molecule has 0 aromatic heterocycles. The first-order valence-electron chi connectivity index (χ1n) is 7.64. The van der Waals surface area contributed by atoms with Crippen molar-refractivity contribution in [3.05, 3.63) is 0 Å². The van der Waals surface area contributed by atoms with Crippen LogP contribution in [0.1, 0.15) is 46.5 Å². The zero-order valence-electron chi connectivity index (χ0n) is 13.4. The minimum atomic E-state index is -3.69. The van der Waals surface area contributed by atoms with E-state index in [1.165, 1.54) is 6.92 Å². The molecule has 0 aliphatic carbocycles. The molecule has 1 unspecified atom stereocenters. The van der Waals surface area contributed by atoms with Crippen LogP contribution in [0.5, 0.6) is 0 Å². The molecule has 1 aliphatic rings. The molecule has 0 spiro atoms. The maximum atomic E-state index is 12.1. The van der Waals surface area contributed by atoms with Crippen LogP contribution in [0.4, 0.5) is 0 Å². The van der Waals surface area contributed by atoms with Crippen LogP contribution in [0, 0.1) is 5.92 Å². The number of piperidine rings is 1. The van der Waals surface area contributed by atoms with Crippen molar-refractivity contribution in [1.29, 1.82) is 0 Å². The SMILES string of the molecule is CC(=O)N1CCCCC1CCS(=O)(=O)N[C@@H](C(=O)O)C(C)C. The maximum Gasteiger partial charge on any atom is 0.321 e. The number of hydrogen-bond donors (Lipinski definition) is 2. The molecule has 1 aliphatic heterocycles. The van der Waals surface area contributed by atoms with Crippen molar-refractivity contribution < 1.29 is 23.1 Å². The lowest BCUT2D eigenvalue weighted by molar-refractivity contribution is -0.140. The minimum absolute atomic E-state index is 0.0411. The highest BCUT2D eigenvalue weighted by molar-refractivity contribution is 7.89. The zero-order chi connectivity index (χ0) is 16.9. The molecule has 1 rings (SSSR count). The van der Waals surface area contributed by atoms with Crippen molar-refractivity contribution in [1.82, 2.24) is 9.62 Å². The standard InChI is InChI=1S/C14H26N2O5S/c1-10(2)13(14(18)19)15-22(20,21)9-7-12-6-4-5-8-16(12)11(3)17/h10,12-13,15H,4-9H2,1-3H3,(H,18,19)/t12?,13-/m1/s1. The molecule has 2 N–H and O–H groups in total. The lowest BCUT2D eigenvalue weighted by Gasteiger charge is -2.35. The summed E-state index contributed by atoms with van der Waals surface area (Å²) in [5.41, 5.74) is 0. The Labute approximate surface area is 132 Å². The third kappa shape index (κ3) is 5.57. The van der Waals surface area contributed by atoms with Crippen LogP contribution in [0.25, 0.3) is 0 Å². The largest absolute Gasteiger partial charge is 0.480 e. The molecule has 1 amide bonds. The van der Waals surface area contributed by atoms with E-state index in [1.54, 1.807) is 18.7 Å². The molecular weight excluding hydrogens is 308 g/mol. The van der Waals surface area contributed by atoms with Crippen molar-refractivity contribution in [3.8, 4) is 0 Å². The first kappa shape index (κ1) is 18.9. The fourth-order valence-corrected chi connectivity index (χ4v) is 4.19. The molecule has 1 heterocycles. The first-order valence-corrected chi connectivity index (χ1v) is 9.29. The van der Waals surface area contributed by atoms with Gasteiger partial charge in [-0.25, -0.2) is 13.1 Å². The fraction of sp³-hybridized carbons (Fsp3) is 0.857. The normalized spacial score (nSPS) is 20.9. The number of hydrogen-bond acceptors (Lipinski definition) is 4. The molecule has 0 aromatic carbocycles. The molecule has 7 nitrogen and oxygen atoms in total. The van der Waals surface area contributed by atoms with Crippen LogP contribution in [0.15, 0.2) is 0 Å². The number of carbonyl (C=O) groups excluding carboxylic acids is 1. The highest BCUT2D eigenvalue weighted by Gasteiger charge is 2.29. The summed E-state index contributed by atoms with van der Waals surface area (Å²) >= 11 is 0. The van der Waals surface area contributed by atoms with Crippen molar-refractivity contribution in [3.63, 3.8) is 0 Å². The van der Waals surface area contributed by atoms with E-state index in [0.29, 0.717) is 13.0 Å². The smallest absolute Gasteiger partial charge is 0.321 e. The Balaban J connectivity index is 2.64. The predicted octanol–water partition coefficient (Wildman–Crippen LogP) is 0.806. The van der Waals surface area contributed by atoms with Gasteiger partial charge < -0.3 is 10.0 Å². The summed E-state index contributed by atoms with van der Waals surface area (Å²) in [6.45, 7) is 5.46. The number of amides is 1. The van der Waals surface area contributed by atoms with E-state index in [1.807, 2.05) is 0 Å². The third-order valence-electron chi connectivity index (χ3n) is 3.99.